The molecule has 1 aromatic heterocycles. The van der Waals surface area contributed by atoms with Crippen molar-refractivity contribution < 1.29 is 39.1 Å². The molecule has 0 saturated carbocycles. The number of piperidine rings is 1. The van der Waals surface area contributed by atoms with Crippen molar-refractivity contribution in [3.63, 3.8) is 0 Å². The van der Waals surface area contributed by atoms with Crippen LogP contribution in [0.2, 0.25) is 0 Å². The van der Waals surface area contributed by atoms with E-state index in [1.165, 1.54) is 3.97 Å². The maximum atomic E-state index is 12.1. The summed E-state index contributed by atoms with van der Waals surface area (Å²) in [4.78, 5) is 0. The summed E-state index contributed by atoms with van der Waals surface area (Å²) in [5.41, 5.74) is -5.65. The summed E-state index contributed by atoms with van der Waals surface area (Å²) >= 11 is 0. The minimum atomic E-state index is -6.09. The maximum Gasteiger partial charge on any atom is 0.485 e. The standard InChI is InChI=1S/C9H16N3O2S.CHF3O3S/c1-10-7-8-12(9-10)15(13,14)11-5-3-2-4-6-11;2-1(3,4)8(5,6)7/h7-9H,2-6H2,1H3;(H,5,6,7)/q+1;/p-1. The molecule has 0 aliphatic carbocycles. The molecule has 13 heteroatoms. The Morgan fingerprint density at radius 1 is 1.09 bits per heavy atom. The molecule has 0 aromatic carbocycles. The highest BCUT2D eigenvalue weighted by Gasteiger charge is 2.37. The van der Waals surface area contributed by atoms with Gasteiger partial charge in [0.15, 0.2) is 10.1 Å². The van der Waals surface area contributed by atoms with Crippen LogP contribution in [0.5, 0.6) is 0 Å². The lowest BCUT2D eigenvalue weighted by molar-refractivity contribution is -0.670. The van der Waals surface area contributed by atoms with Gasteiger partial charge >= 0.3 is 15.7 Å². The molecule has 0 N–H and O–H groups in total. The predicted molar refractivity (Wildman–Crippen MR) is 71.1 cm³/mol. The fraction of sp³-hybridized carbons (Fsp3) is 0.700. The quantitative estimate of drug-likeness (QED) is 0.407. The van der Waals surface area contributed by atoms with Gasteiger partial charge in [0.25, 0.3) is 6.33 Å². The molecule has 1 fully saturated rings. The van der Waals surface area contributed by atoms with E-state index >= 15 is 0 Å². The molecule has 2 rings (SSSR count). The Bertz CT molecular complexity index is 721. The van der Waals surface area contributed by atoms with Gasteiger partial charge in [-0.3, -0.25) is 0 Å². The lowest BCUT2D eigenvalue weighted by atomic mass is 10.2. The van der Waals surface area contributed by atoms with Gasteiger partial charge in [0.2, 0.25) is 0 Å². The van der Waals surface area contributed by atoms with Crippen molar-refractivity contribution in [1.29, 1.82) is 0 Å². The fourth-order valence-corrected chi connectivity index (χ4v) is 3.26. The molecule has 8 nitrogen and oxygen atoms in total. The average Bonchev–Trinajstić information content (AvgIpc) is 2.86. The second kappa shape index (κ2) is 7.15. The number of hydrogen-bond donors (Lipinski definition) is 0. The van der Waals surface area contributed by atoms with Gasteiger partial charge in [-0.05, 0) is 12.8 Å². The smallest absolute Gasteiger partial charge is 0.485 e. The predicted octanol–water partition coefficient (Wildman–Crippen LogP) is -0.0572. The van der Waals surface area contributed by atoms with Crippen molar-refractivity contribution in [2.24, 2.45) is 7.05 Å². The first kappa shape index (κ1) is 19.9. The third-order valence-corrected chi connectivity index (χ3v) is 5.27. The highest BCUT2D eigenvalue weighted by Crippen LogP contribution is 2.20. The van der Waals surface area contributed by atoms with Gasteiger partial charge in [-0.2, -0.15) is 25.9 Å². The van der Waals surface area contributed by atoms with Gasteiger partial charge in [-0.15, -0.1) is 3.97 Å². The Kier molecular flexibility index (Phi) is 6.18. The molecule has 0 spiro atoms. The SMILES string of the molecule is C[n+]1ccn(S(=O)(=O)N2CCCCC2)c1.O=S(=O)([O-])C(F)(F)F. The third kappa shape index (κ3) is 5.44. The van der Waals surface area contributed by atoms with E-state index in [9.17, 15) is 21.6 Å². The van der Waals surface area contributed by atoms with Crippen LogP contribution in [0.25, 0.3) is 0 Å². The lowest BCUT2D eigenvalue weighted by Crippen LogP contribution is -2.39. The van der Waals surface area contributed by atoms with E-state index < -0.39 is 25.8 Å². The van der Waals surface area contributed by atoms with Gasteiger partial charge in [0.1, 0.15) is 12.4 Å². The molecular formula is C10H16F3N3O5S2. The number of aromatic nitrogens is 2. The minimum Gasteiger partial charge on any atom is -0.741 e. The molecule has 0 unspecified atom stereocenters. The topological polar surface area (TPSA) is 103 Å². The fourth-order valence-electron chi connectivity index (χ4n) is 1.79. The Morgan fingerprint density at radius 2 is 1.57 bits per heavy atom. The van der Waals surface area contributed by atoms with Crippen LogP contribution in [-0.4, -0.2) is 48.3 Å². The second-order valence-electron chi connectivity index (χ2n) is 4.78. The Labute approximate surface area is 132 Å². The van der Waals surface area contributed by atoms with E-state index in [0.717, 1.165) is 19.3 Å². The van der Waals surface area contributed by atoms with E-state index in [4.69, 9.17) is 13.0 Å². The Hall–Kier alpha value is -1.18. The van der Waals surface area contributed by atoms with Crippen LogP contribution in [0, 0.1) is 0 Å². The summed E-state index contributed by atoms with van der Waals surface area (Å²) in [5.74, 6) is 0. The summed E-state index contributed by atoms with van der Waals surface area (Å²) in [6.07, 6.45) is 7.93. The number of halogens is 3. The van der Waals surface area contributed by atoms with Crippen LogP contribution in [-0.2, 0) is 27.4 Å². The van der Waals surface area contributed by atoms with E-state index in [2.05, 4.69) is 0 Å². The van der Waals surface area contributed by atoms with E-state index in [-0.39, 0.29) is 0 Å². The van der Waals surface area contributed by atoms with Crippen LogP contribution in [0.3, 0.4) is 0 Å². The number of imidazole rings is 1. The highest BCUT2D eigenvalue weighted by atomic mass is 32.2. The minimum absolute atomic E-state index is 0.643. The number of aryl methyl sites for hydroxylation is 1. The van der Waals surface area contributed by atoms with E-state index in [0.29, 0.717) is 13.1 Å². The normalized spacial score (nSPS) is 17.4. The van der Waals surface area contributed by atoms with Crippen LogP contribution < -0.4 is 4.57 Å². The number of rotatable bonds is 2. The molecule has 134 valence electrons. The van der Waals surface area contributed by atoms with Crippen LogP contribution in [0.1, 0.15) is 19.3 Å². The zero-order valence-electron chi connectivity index (χ0n) is 12.1. The molecule has 1 aliphatic heterocycles. The first-order valence-electron chi connectivity index (χ1n) is 6.42. The van der Waals surface area contributed by atoms with Crippen LogP contribution in [0.15, 0.2) is 18.7 Å². The molecule has 0 amide bonds. The van der Waals surface area contributed by atoms with Gasteiger partial charge in [0.05, 0.1) is 7.05 Å². The molecule has 1 saturated heterocycles. The molecule has 1 aliphatic rings. The van der Waals surface area contributed by atoms with Crippen molar-refractivity contribution in [2.75, 3.05) is 13.1 Å². The van der Waals surface area contributed by atoms with Gasteiger partial charge in [-0.25, -0.2) is 13.0 Å². The number of nitrogens with zero attached hydrogens (tertiary/aromatic N) is 3. The zero-order valence-corrected chi connectivity index (χ0v) is 13.7. The third-order valence-electron chi connectivity index (χ3n) is 2.94. The Morgan fingerprint density at radius 3 is 1.91 bits per heavy atom. The van der Waals surface area contributed by atoms with Crippen molar-refractivity contribution in [1.82, 2.24) is 8.28 Å². The van der Waals surface area contributed by atoms with E-state index in [1.807, 2.05) is 7.05 Å². The van der Waals surface area contributed by atoms with Gasteiger partial charge in [-0.1, -0.05) is 6.42 Å². The van der Waals surface area contributed by atoms with Crippen molar-refractivity contribution in [3.05, 3.63) is 18.7 Å². The zero-order chi connectivity index (χ0) is 17.9. The summed E-state index contributed by atoms with van der Waals surface area (Å²) in [5, 5.41) is 0. The summed E-state index contributed by atoms with van der Waals surface area (Å²) in [6, 6.07) is 0. The van der Waals surface area contributed by atoms with Crippen molar-refractivity contribution in [2.45, 2.75) is 24.8 Å². The molecular weight excluding hydrogens is 363 g/mol. The Balaban J connectivity index is 0.000000284. The maximum absolute atomic E-state index is 12.1. The lowest BCUT2D eigenvalue weighted by Gasteiger charge is -2.23. The largest absolute Gasteiger partial charge is 0.741 e. The molecule has 2 heterocycles. The summed E-state index contributed by atoms with van der Waals surface area (Å²) in [7, 11) is -7.59. The van der Waals surface area contributed by atoms with Crippen LogP contribution in [0.4, 0.5) is 13.2 Å². The monoisotopic (exact) mass is 379 g/mol. The highest BCUT2D eigenvalue weighted by molar-refractivity contribution is 7.87. The summed E-state index contributed by atoms with van der Waals surface area (Å²) in [6.45, 7) is 1.29. The number of alkyl halides is 3. The molecule has 0 bridgehead atoms. The molecule has 1 aromatic rings. The summed E-state index contributed by atoms with van der Waals surface area (Å²) < 4.78 is 87.6. The average molecular weight is 379 g/mol. The first-order valence-corrected chi connectivity index (χ1v) is 9.22. The second-order valence-corrected chi connectivity index (χ2v) is 7.98. The van der Waals surface area contributed by atoms with Gasteiger partial charge < -0.3 is 4.55 Å². The molecule has 0 atom stereocenters. The first-order chi connectivity index (χ1) is 10.4. The van der Waals surface area contributed by atoms with Gasteiger partial charge in [0, 0.05) is 13.1 Å². The number of hydrogen-bond acceptors (Lipinski definition) is 5. The molecule has 23 heavy (non-hydrogen) atoms. The van der Waals surface area contributed by atoms with Crippen molar-refractivity contribution in [3.8, 4) is 0 Å². The van der Waals surface area contributed by atoms with E-state index in [1.54, 1.807) is 27.6 Å². The molecule has 0 radical (unpaired) electrons. The van der Waals surface area contributed by atoms with Crippen LogP contribution >= 0.6 is 0 Å². The van der Waals surface area contributed by atoms with Crippen molar-refractivity contribution >= 4 is 20.3 Å².